The Bertz CT molecular complexity index is 681. The predicted octanol–water partition coefficient (Wildman–Crippen LogP) is 4.65. The summed E-state index contributed by atoms with van der Waals surface area (Å²) in [6.07, 6.45) is 7.31. The highest BCUT2D eigenvalue weighted by Crippen LogP contribution is 2.21. The summed E-state index contributed by atoms with van der Waals surface area (Å²) in [5.41, 5.74) is 9.87. The molecule has 0 saturated carbocycles. The molecule has 3 aromatic rings. The van der Waals surface area contributed by atoms with Crippen LogP contribution in [0, 0.1) is 6.92 Å². The van der Waals surface area contributed by atoms with Crippen LogP contribution in [-0.4, -0.2) is 21.5 Å². The maximum atomic E-state index is 5.21. The van der Waals surface area contributed by atoms with Gasteiger partial charge in [0.2, 0.25) is 0 Å². The monoisotopic (exact) mass is 334 g/mol. The Morgan fingerprint density at radius 1 is 0.800 bits per heavy atom. The highest BCUT2D eigenvalue weighted by molar-refractivity contribution is 5.62. The van der Waals surface area contributed by atoms with Crippen molar-refractivity contribution in [2.45, 2.75) is 33.1 Å². The standard InChI is InChI=1S/C16H13N3.C5H13N/c1-12-10-15(13-6-2-4-8-17-13)19-16(11-12)14-7-3-5-9-18-14;1-2-3-4-5-6/h2-11H,1H3;2-6H2,1H3. The second-order valence-corrected chi connectivity index (χ2v) is 5.84. The lowest BCUT2D eigenvalue weighted by atomic mass is 10.1. The topological polar surface area (TPSA) is 64.7 Å². The fourth-order valence-electron chi connectivity index (χ4n) is 2.35. The number of nitrogens with two attached hydrogens (primary N) is 1. The van der Waals surface area contributed by atoms with Gasteiger partial charge in [0.15, 0.2) is 0 Å². The van der Waals surface area contributed by atoms with E-state index in [-0.39, 0.29) is 0 Å². The first-order valence-corrected chi connectivity index (χ1v) is 8.76. The van der Waals surface area contributed by atoms with Crippen molar-refractivity contribution in [3.8, 4) is 22.8 Å². The molecule has 0 amide bonds. The molecule has 0 aliphatic carbocycles. The first-order valence-electron chi connectivity index (χ1n) is 8.76. The van der Waals surface area contributed by atoms with Crippen LogP contribution in [0.1, 0.15) is 31.7 Å². The van der Waals surface area contributed by atoms with E-state index in [1.54, 1.807) is 12.4 Å². The van der Waals surface area contributed by atoms with Gasteiger partial charge in [0.05, 0.1) is 22.8 Å². The zero-order chi connectivity index (χ0) is 17.9. The molecule has 4 nitrogen and oxygen atoms in total. The SMILES string of the molecule is CCCCCN.Cc1cc(-c2ccccn2)nc(-c2ccccn2)c1. The molecule has 25 heavy (non-hydrogen) atoms. The number of hydrogen-bond donors (Lipinski definition) is 1. The molecule has 3 heterocycles. The Morgan fingerprint density at radius 2 is 1.36 bits per heavy atom. The van der Waals surface area contributed by atoms with Gasteiger partial charge in [0, 0.05) is 12.4 Å². The van der Waals surface area contributed by atoms with Gasteiger partial charge in [0.1, 0.15) is 0 Å². The third-order valence-electron chi connectivity index (χ3n) is 3.63. The van der Waals surface area contributed by atoms with E-state index in [2.05, 4.69) is 28.8 Å². The third-order valence-corrected chi connectivity index (χ3v) is 3.63. The highest BCUT2D eigenvalue weighted by atomic mass is 14.8. The van der Waals surface area contributed by atoms with E-state index in [4.69, 9.17) is 5.73 Å². The molecule has 2 N–H and O–H groups in total. The first kappa shape index (κ1) is 18.7. The quantitative estimate of drug-likeness (QED) is 0.690. The van der Waals surface area contributed by atoms with Crippen molar-refractivity contribution >= 4 is 0 Å². The molecule has 130 valence electrons. The molecule has 0 atom stereocenters. The van der Waals surface area contributed by atoms with E-state index < -0.39 is 0 Å². The van der Waals surface area contributed by atoms with E-state index in [0.717, 1.165) is 34.9 Å². The molecule has 0 aromatic carbocycles. The molecule has 4 heteroatoms. The van der Waals surface area contributed by atoms with Crippen molar-refractivity contribution in [3.63, 3.8) is 0 Å². The normalized spacial score (nSPS) is 10.0. The summed E-state index contributed by atoms with van der Waals surface area (Å²) in [5, 5.41) is 0. The zero-order valence-electron chi connectivity index (χ0n) is 15.0. The smallest absolute Gasteiger partial charge is 0.0896 e. The molecule has 0 fully saturated rings. The van der Waals surface area contributed by atoms with E-state index >= 15 is 0 Å². The second-order valence-electron chi connectivity index (χ2n) is 5.84. The minimum atomic E-state index is 0.855. The van der Waals surface area contributed by atoms with Gasteiger partial charge < -0.3 is 5.73 Å². The lowest BCUT2D eigenvalue weighted by molar-refractivity contribution is 0.727. The number of hydrogen-bond acceptors (Lipinski definition) is 4. The number of rotatable bonds is 5. The summed E-state index contributed by atoms with van der Waals surface area (Å²) in [5.74, 6) is 0. The van der Waals surface area contributed by atoms with Crippen LogP contribution >= 0.6 is 0 Å². The maximum Gasteiger partial charge on any atom is 0.0896 e. The maximum absolute atomic E-state index is 5.21. The lowest BCUT2D eigenvalue weighted by Gasteiger charge is -2.06. The third kappa shape index (κ3) is 6.08. The Morgan fingerprint density at radius 3 is 1.72 bits per heavy atom. The molecular formula is C21H26N4. The van der Waals surface area contributed by atoms with Crippen LogP contribution in [0.5, 0.6) is 0 Å². The summed E-state index contributed by atoms with van der Waals surface area (Å²) < 4.78 is 0. The van der Waals surface area contributed by atoms with Crippen molar-refractivity contribution < 1.29 is 0 Å². The summed E-state index contributed by atoms with van der Waals surface area (Å²) in [6.45, 7) is 5.09. The second kappa shape index (κ2) is 10.3. The zero-order valence-corrected chi connectivity index (χ0v) is 15.0. The van der Waals surface area contributed by atoms with Crippen LogP contribution in [0.15, 0.2) is 60.9 Å². The average molecular weight is 334 g/mol. The fraction of sp³-hybridized carbons (Fsp3) is 0.286. The Labute approximate surface area is 150 Å². The van der Waals surface area contributed by atoms with Gasteiger partial charge in [-0.05, 0) is 61.9 Å². The Hall–Kier alpha value is -2.59. The van der Waals surface area contributed by atoms with Crippen molar-refractivity contribution in [1.29, 1.82) is 0 Å². The predicted molar refractivity (Wildman–Crippen MR) is 104 cm³/mol. The molecule has 0 saturated heterocycles. The number of aryl methyl sites for hydroxylation is 1. The van der Waals surface area contributed by atoms with Gasteiger partial charge in [-0.25, -0.2) is 4.98 Å². The van der Waals surface area contributed by atoms with Gasteiger partial charge in [-0.1, -0.05) is 31.9 Å². The number of aromatic nitrogens is 3. The largest absolute Gasteiger partial charge is 0.330 e. The minimum Gasteiger partial charge on any atom is -0.330 e. The van der Waals surface area contributed by atoms with E-state index in [1.807, 2.05) is 48.5 Å². The first-order chi connectivity index (χ1) is 12.2. The molecule has 0 radical (unpaired) electrons. The molecular weight excluding hydrogens is 308 g/mol. The molecule has 0 bridgehead atoms. The van der Waals surface area contributed by atoms with E-state index in [1.165, 1.54) is 19.3 Å². The average Bonchev–Trinajstić information content (AvgIpc) is 2.68. The van der Waals surface area contributed by atoms with Crippen LogP contribution in [0.4, 0.5) is 0 Å². The summed E-state index contributed by atoms with van der Waals surface area (Å²) in [6, 6.07) is 15.7. The number of nitrogens with zero attached hydrogens (tertiary/aromatic N) is 3. The molecule has 3 rings (SSSR count). The van der Waals surface area contributed by atoms with Crippen LogP contribution in [-0.2, 0) is 0 Å². The van der Waals surface area contributed by atoms with Gasteiger partial charge in [-0.2, -0.15) is 0 Å². The van der Waals surface area contributed by atoms with Crippen molar-refractivity contribution in [2.24, 2.45) is 5.73 Å². The lowest BCUT2D eigenvalue weighted by Crippen LogP contribution is -1.96. The summed E-state index contributed by atoms with van der Waals surface area (Å²) in [4.78, 5) is 13.3. The van der Waals surface area contributed by atoms with Crippen LogP contribution in [0.2, 0.25) is 0 Å². The van der Waals surface area contributed by atoms with Crippen molar-refractivity contribution in [1.82, 2.24) is 15.0 Å². The molecule has 0 spiro atoms. The van der Waals surface area contributed by atoms with Gasteiger partial charge in [-0.3, -0.25) is 9.97 Å². The van der Waals surface area contributed by atoms with Gasteiger partial charge in [0.25, 0.3) is 0 Å². The van der Waals surface area contributed by atoms with Crippen molar-refractivity contribution in [2.75, 3.05) is 6.54 Å². The minimum absolute atomic E-state index is 0.855. The highest BCUT2D eigenvalue weighted by Gasteiger charge is 2.06. The Kier molecular flexibility index (Phi) is 7.73. The van der Waals surface area contributed by atoms with Crippen LogP contribution in [0.3, 0.4) is 0 Å². The fourth-order valence-corrected chi connectivity index (χ4v) is 2.35. The van der Waals surface area contributed by atoms with Crippen LogP contribution in [0.25, 0.3) is 22.8 Å². The van der Waals surface area contributed by atoms with E-state index in [0.29, 0.717) is 0 Å². The van der Waals surface area contributed by atoms with Crippen LogP contribution < -0.4 is 5.73 Å². The number of pyridine rings is 3. The molecule has 0 aliphatic rings. The summed E-state index contributed by atoms with van der Waals surface area (Å²) in [7, 11) is 0. The van der Waals surface area contributed by atoms with Crippen molar-refractivity contribution in [3.05, 3.63) is 66.5 Å². The molecule has 3 aromatic heterocycles. The Balaban J connectivity index is 0.000000326. The summed E-state index contributed by atoms with van der Waals surface area (Å²) >= 11 is 0. The molecule has 0 aliphatic heterocycles. The van der Waals surface area contributed by atoms with Gasteiger partial charge >= 0.3 is 0 Å². The van der Waals surface area contributed by atoms with Gasteiger partial charge in [-0.15, -0.1) is 0 Å². The molecule has 0 unspecified atom stereocenters. The van der Waals surface area contributed by atoms with E-state index in [9.17, 15) is 0 Å². The number of unbranched alkanes of at least 4 members (excludes halogenated alkanes) is 2.